The number of aliphatic hydroxyl groups excluding tert-OH is 1. The van der Waals surface area contributed by atoms with Crippen LogP contribution in [-0.4, -0.2) is 23.3 Å². The molecule has 0 bridgehead atoms. The summed E-state index contributed by atoms with van der Waals surface area (Å²) in [5, 5.41) is 15.1. The number of hydrogen-bond acceptors (Lipinski definition) is 2. The Hall–Kier alpha value is -1.55. The van der Waals surface area contributed by atoms with Crippen molar-refractivity contribution in [3.05, 3.63) is 35.4 Å². The highest BCUT2D eigenvalue weighted by molar-refractivity contribution is 5.74. The quantitative estimate of drug-likeness (QED) is 0.759. The molecule has 2 rings (SSSR count). The number of urea groups is 1. The van der Waals surface area contributed by atoms with Crippen LogP contribution in [0.25, 0.3) is 0 Å². The minimum absolute atomic E-state index is 0.0182. The van der Waals surface area contributed by atoms with Crippen LogP contribution in [0.5, 0.6) is 0 Å². The minimum Gasteiger partial charge on any atom is -0.394 e. The molecule has 104 valence electrons. The molecule has 0 saturated heterocycles. The molecule has 0 spiro atoms. The summed E-state index contributed by atoms with van der Waals surface area (Å²) < 4.78 is 0. The molecule has 0 heterocycles. The maximum atomic E-state index is 11.9. The number of nitrogens with one attached hydrogen (secondary N) is 2. The molecule has 19 heavy (non-hydrogen) atoms. The van der Waals surface area contributed by atoms with Gasteiger partial charge in [0.15, 0.2) is 0 Å². The monoisotopic (exact) mass is 262 g/mol. The molecule has 3 N–H and O–H groups in total. The highest BCUT2D eigenvalue weighted by atomic mass is 16.3. The van der Waals surface area contributed by atoms with Crippen LogP contribution >= 0.6 is 0 Å². The summed E-state index contributed by atoms with van der Waals surface area (Å²) >= 11 is 0. The number of benzene rings is 1. The molecular formula is C15H22N2O2. The largest absolute Gasteiger partial charge is 0.394 e. The topological polar surface area (TPSA) is 61.4 Å². The first-order valence-corrected chi connectivity index (χ1v) is 6.76. The number of aryl methyl sites for hydroxylation is 1. The number of amides is 2. The Kier molecular flexibility index (Phi) is 4.10. The van der Waals surface area contributed by atoms with Crippen LogP contribution in [0.3, 0.4) is 0 Å². The summed E-state index contributed by atoms with van der Waals surface area (Å²) in [6.45, 7) is 4.41. The van der Waals surface area contributed by atoms with E-state index in [2.05, 4.69) is 10.6 Å². The number of hydrogen-bond donors (Lipinski definition) is 3. The number of carbonyl (C=O) groups excluding carboxylic acids is 1. The van der Waals surface area contributed by atoms with Gasteiger partial charge in [-0.1, -0.05) is 29.8 Å². The van der Waals surface area contributed by atoms with E-state index in [1.54, 1.807) is 0 Å². The lowest BCUT2D eigenvalue weighted by molar-refractivity contribution is 0.155. The SMILES string of the molecule is Cc1ccc(CNC(=O)NC(C)(CO)C2CC2)cc1. The second-order valence-corrected chi connectivity index (χ2v) is 5.64. The van der Waals surface area contributed by atoms with Crippen molar-refractivity contribution in [2.24, 2.45) is 5.92 Å². The zero-order valence-corrected chi connectivity index (χ0v) is 11.6. The summed E-state index contributed by atoms with van der Waals surface area (Å²) in [4.78, 5) is 11.9. The Morgan fingerprint density at radius 3 is 2.53 bits per heavy atom. The minimum atomic E-state index is -0.489. The molecule has 0 radical (unpaired) electrons. The van der Waals surface area contributed by atoms with E-state index >= 15 is 0 Å². The van der Waals surface area contributed by atoms with Crippen molar-refractivity contribution in [2.75, 3.05) is 6.61 Å². The van der Waals surface area contributed by atoms with Crippen LogP contribution in [0.1, 0.15) is 30.9 Å². The van der Waals surface area contributed by atoms with E-state index in [-0.39, 0.29) is 12.6 Å². The predicted octanol–water partition coefficient (Wildman–Crippen LogP) is 1.96. The van der Waals surface area contributed by atoms with Gasteiger partial charge in [-0.2, -0.15) is 0 Å². The predicted molar refractivity (Wildman–Crippen MR) is 74.8 cm³/mol. The molecule has 4 heteroatoms. The van der Waals surface area contributed by atoms with Crippen LogP contribution < -0.4 is 10.6 Å². The second kappa shape index (κ2) is 5.61. The number of rotatable bonds is 5. The van der Waals surface area contributed by atoms with E-state index in [0.29, 0.717) is 12.5 Å². The molecule has 1 atom stereocenters. The van der Waals surface area contributed by atoms with E-state index in [1.165, 1.54) is 5.56 Å². The molecule has 0 aromatic heterocycles. The van der Waals surface area contributed by atoms with Crippen molar-refractivity contribution < 1.29 is 9.90 Å². The van der Waals surface area contributed by atoms with Gasteiger partial charge in [-0.3, -0.25) is 0 Å². The molecule has 0 aliphatic heterocycles. The van der Waals surface area contributed by atoms with Crippen molar-refractivity contribution >= 4 is 6.03 Å². The fourth-order valence-corrected chi connectivity index (χ4v) is 2.18. The maximum absolute atomic E-state index is 11.9. The Labute approximate surface area is 114 Å². The lowest BCUT2D eigenvalue weighted by Gasteiger charge is -2.28. The third-order valence-electron chi connectivity index (χ3n) is 3.78. The van der Waals surface area contributed by atoms with E-state index < -0.39 is 5.54 Å². The van der Waals surface area contributed by atoms with E-state index in [9.17, 15) is 9.90 Å². The molecule has 1 aromatic carbocycles. The third-order valence-corrected chi connectivity index (χ3v) is 3.78. The van der Waals surface area contributed by atoms with Gasteiger partial charge < -0.3 is 15.7 Å². The summed E-state index contributed by atoms with van der Waals surface area (Å²) in [7, 11) is 0. The standard InChI is InChI=1S/C15H22N2O2/c1-11-3-5-12(6-4-11)9-16-14(19)17-15(2,10-18)13-7-8-13/h3-6,13,18H,7-10H2,1-2H3,(H2,16,17,19). The summed E-state index contributed by atoms with van der Waals surface area (Å²) in [5.41, 5.74) is 1.78. The lowest BCUT2D eigenvalue weighted by Crippen LogP contribution is -2.53. The van der Waals surface area contributed by atoms with Gasteiger partial charge in [-0.15, -0.1) is 0 Å². The van der Waals surface area contributed by atoms with Gasteiger partial charge in [0.25, 0.3) is 0 Å². The smallest absolute Gasteiger partial charge is 0.315 e. The molecule has 1 unspecified atom stereocenters. The first-order valence-electron chi connectivity index (χ1n) is 6.76. The second-order valence-electron chi connectivity index (χ2n) is 5.64. The van der Waals surface area contributed by atoms with Gasteiger partial charge in [0, 0.05) is 6.54 Å². The Morgan fingerprint density at radius 2 is 2.00 bits per heavy atom. The maximum Gasteiger partial charge on any atom is 0.315 e. The molecule has 1 aromatic rings. The summed E-state index contributed by atoms with van der Waals surface area (Å²) in [5.74, 6) is 0.405. The normalized spacial score (nSPS) is 17.6. The van der Waals surface area contributed by atoms with Crippen molar-refractivity contribution in [1.29, 1.82) is 0 Å². The first-order chi connectivity index (χ1) is 9.03. The molecule has 1 fully saturated rings. The molecular weight excluding hydrogens is 240 g/mol. The molecule has 4 nitrogen and oxygen atoms in total. The third kappa shape index (κ3) is 3.70. The number of aliphatic hydroxyl groups is 1. The molecule has 1 aliphatic carbocycles. The van der Waals surface area contributed by atoms with Crippen molar-refractivity contribution in [1.82, 2.24) is 10.6 Å². The van der Waals surface area contributed by atoms with Gasteiger partial charge in [-0.25, -0.2) is 4.79 Å². The fourth-order valence-electron chi connectivity index (χ4n) is 2.18. The average molecular weight is 262 g/mol. The summed E-state index contributed by atoms with van der Waals surface area (Å²) in [6.07, 6.45) is 2.16. The van der Waals surface area contributed by atoms with Gasteiger partial charge in [0.05, 0.1) is 12.1 Å². The molecule has 1 aliphatic rings. The average Bonchev–Trinajstić information content (AvgIpc) is 3.22. The van der Waals surface area contributed by atoms with Crippen LogP contribution in [0.15, 0.2) is 24.3 Å². The van der Waals surface area contributed by atoms with Crippen LogP contribution in [0, 0.1) is 12.8 Å². The molecule has 1 saturated carbocycles. The van der Waals surface area contributed by atoms with Crippen LogP contribution in [-0.2, 0) is 6.54 Å². The zero-order valence-electron chi connectivity index (χ0n) is 11.6. The first kappa shape index (κ1) is 13.9. The van der Waals surface area contributed by atoms with E-state index in [1.807, 2.05) is 38.1 Å². The van der Waals surface area contributed by atoms with Crippen LogP contribution in [0.2, 0.25) is 0 Å². The van der Waals surface area contributed by atoms with Gasteiger partial charge >= 0.3 is 6.03 Å². The van der Waals surface area contributed by atoms with Gasteiger partial charge in [0.2, 0.25) is 0 Å². The zero-order chi connectivity index (χ0) is 13.9. The van der Waals surface area contributed by atoms with Crippen molar-refractivity contribution in [3.63, 3.8) is 0 Å². The summed E-state index contributed by atoms with van der Waals surface area (Å²) in [6, 6.07) is 7.83. The Morgan fingerprint density at radius 1 is 1.37 bits per heavy atom. The van der Waals surface area contributed by atoms with E-state index in [0.717, 1.165) is 18.4 Å². The van der Waals surface area contributed by atoms with Gasteiger partial charge in [-0.05, 0) is 38.2 Å². The van der Waals surface area contributed by atoms with Crippen molar-refractivity contribution in [3.8, 4) is 0 Å². The highest BCUT2D eigenvalue weighted by Crippen LogP contribution is 2.39. The van der Waals surface area contributed by atoms with Gasteiger partial charge in [0.1, 0.15) is 0 Å². The Bertz CT molecular complexity index is 440. The van der Waals surface area contributed by atoms with Crippen LogP contribution in [0.4, 0.5) is 4.79 Å². The lowest BCUT2D eigenvalue weighted by atomic mass is 9.97. The number of carbonyl (C=O) groups is 1. The molecule has 2 amide bonds. The van der Waals surface area contributed by atoms with Crippen molar-refractivity contribution in [2.45, 2.75) is 38.8 Å². The van der Waals surface area contributed by atoms with E-state index in [4.69, 9.17) is 0 Å². The Balaban J connectivity index is 1.82. The highest BCUT2D eigenvalue weighted by Gasteiger charge is 2.42. The fraction of sp³-hybridized carbons (Fsp3) is 0.533.